The lowest BCUT2D eigenvalue weighted by atomic mass is 10.0. The summed E-state index contributed by atoms with van der Waals surface area (Å²) >= 11 is 0. The van der Waals surface area contributed by atoms with Gasteiger partial charge in [-0.25, -0.2) is 9.97 Å². The number of rotatable bonds is 4. The van der Waals surface area contributed by atoms with Crippen LogP contribution in [0, 0.1) is 11.5 Å². The van der Waals surface area contributed by atoms with Crippen molar-refractivity contribution in [3.8, 4) is 6.19 Å². The minimum atomic E-state index is 0.471. The third-order valence-electron chi connectivity index (χ3n) is 2.70. The van der Waals surface area contributed by atoms with Crippen LogP contribution in [0.25, 0.3) is 0 Å². The summed E-state index contributed by atoms with van der Waals surface area (Å²) < 4.78 is 0. The average molecular weight is 253 g/mol. The summed E-state index contributed by atoms with van der Waals surface area (Å²) in [6.07, 6.45) is 3.23. The first-order valence-corrected chi connectivity index (χ1v) is 6.03. The van der Waals surface area contributed by atoms with Gasteiger partial charge in [-0.05, 0) is 23.6 Å². The Morgan fingerprint density at radius 3 is 2.42 bits per heavy atom. The Hall–Kier alpha value is -2.61. The molecule has 1 heterocycles. The molecule has 0 saturated carbocycles. The van der Waals surface area contributed by atoms with E-state index in [1.54, 1.807) is 6.07 Å². The maximum Gasteiger partial charge on any atom is 0.182 e. The Morgan fingerprint density at radius 1 is 1.11 bits per heavy atom. The van der Waals surface area contributed by atoms with Crippen LogP contribution in [0.3, 0.4) is 0 Å². The van der Waals surface area contributed by atoms with E-state index in [1.807, 2.05) is 18.3 Å². The van der Waals surface area contributed by atoms with Gasteiger partial charge < -0.3 is 5.32 Å². The third-order valence-corrected chi connectivity index (χ3v) is 2.70. The SMILES string of the molecule is CC(C)c1ccc(Nc2cc(NC#N)ncn2)cc1. The fourth-order valence-electron chi connectivity index (χ4n) is 1.65. The van der Waals surface area contributed by atoms with Crippen molar-refractivity contribution in [1.82, 2.24) is 9.97 Å². The van der Waals surface area contributed by atoms with Crippen molar-refractivity contribution in [2.45, 2.75) is 19.8 Å². The fraction of sp³-hybridized carbons (Fsp3) is 0.214. The van der Waals surface area contributed by atoms with Crippen molar-refractivity contribution in [1.29, 1.82) is 5.26 Å². The number of hydrogen-bond donors (Lipinski definition) is 2. The monoisotopic (exact) mass is 253 g/mol. The van der Waals surface area contributed by atoms with E-state index in [4.69, 9.17) is 5.26 Å². The molecule has 1 aromatic carbocycles. The molecule has 0 atom stereocenters. The van der Waals surface area contributed by atoms with Gasteiger partial charge in [-0.1, -0.05) is 26.0 Å². The van der Waals surface area contributed by atoms with Crippen molar-refractivity contribution < 1.29 is 0 Å². The molecule has 0 radical (unpaired) electrons. The summed E-state index contributed by atoms with van der Waals surface area (Å²) in [4.78, 5) is 8.03. The Balaban J connectivity index is 2.12. The van der Waals surface area contributed by atoms with Crippen LogP contribution in [0.2, 0.25) is 0 Å². The van der Waals surface area contributed by atoms with Crippen LogP contribution in [-0.2, 0) is 0 Å². The van der Waals surface area contributed by atoms with Crippen molar-refractivity contribution in [2.24, 2.45) is 0 Å². The molecule has 1 aromatic heterocycles. The van der Waals surface area contributed by atoms with E-state index in [1.165, 1.54) is 11.9 Å². The summed E-state index contributed by atoms with van der Waals surface area (Å²) in [6.45, 7) is 4.32. The van der Waals surface area contributed by atoms with Crippen molar-refractivity contribution in [3.05, 3.63) is 42.2 Å². The van der Waals surface area contributed by atoms with Crippen LogP contribution in [0.5, 0.6) is 0 Å². The second-order valence-electron chi connectivity index (χ2n) is 4.43. The highest BCUT2D eigenvalue weighted by Gasteiger charge is 2.01. The van der Waals surface area contributed by atoms with Gasteiger partial charge in [0.15, 0.2) is 6.19 Å². The largest absolute Gasteiger partial charge is 0.340 e. The van der Waals surface area contributed by atoms with Gasteiger partial charge in [0.05, 0.1) is 0 Å². The highest BCUT2D eigenvalue weighted by Crippen LogP contribution is 2.20. The van der Waals surface area contributed by atoms with Gasteiger partial charge in [0, 0.05) is 11.8 Å². The highest BCUT2D eigenvalue weighted by atomic mass is 15.1. The van der Waals surface area contributed by atoms with Crippen molar-refractivity contribution in [3.63, 3.8) is 0 Å². The lowest BCUT2D eigenvalue weighted by molar-refractivity contribution is 0.867. The van der Waals surface area contributed by atoms with Gasteiger partial charge in [0.1, 0.15) is 18.0 Å². The lowest BCUT2D eigenvalue weighted by Crippen LogP contribution is -1.98. The molecule has 19 heavy (non-hydrogen) atoms. The van der Waals surface area contributed by atoms with Crippen LogP contribution >= 0.6 is 0 Å². The normalized spacial score (nSPS) is 10.0. The molecule has 96 valence electrons. The zero-order chi connectivity index (χ0) is 13.7. The van der Waals surface area contributed by atoms with Crippen LogP contribution in [0.15, 0.2) is 36.7 Å². The molecule has 0 fully saturated rings. The van der Waals surface area contributed by atoms with Gasteiger partial charge in [-0.3, -0.25) is 5.32 Å². The molecule has 0 amide bonds. The molecule has 0 unspecified atom stereocenters. The van der Waals surface area contributed by atoms with Crippen LogP contribution in [0.1, 0.15) is 25.3 Å². The van der Waals surface area contributed by atoms with Crippen molar-refractivity contribution in [2.75, 3.05) is 10.6 Å². The van der Waals surface area contributed by atoms with E-state index in [2.05, 4.69) is 46.6 Å². The second-order valence-corrected chi connectivity index (χ2v) is 4.43. The quantitative estimate of drug-likeness (QED) is 0.646. The van der Waals surface area contributed by atoms with E-state index in [0.717, 1.165) is 5.69 Å². The Labute approximate surface area is 112 Å². The van der Waals surface area contributed by atoms with E-state index in [-0.39, 0.29) is 0 Å². The first-order chi connectivity index (χ1) is 9.19. The topological polar surface area (TPSA) is 73.6 Å². The summed E-state index contributed by atoms with van der Waals surface area (Å²) in [7, 11) is 0. The molecule has 5 nitrogen and oxygen atoms in total. The van der Waals surface area contributed by atoms with Gasteiger partial charge in [-0.2, -0.15) is 5.26 Å². The van der Waals surface area contributed by atoms with Gasteiger partial charge in [0.25, 0.3) is 0 Å². The predicted molar refractivity (Wildman–Crippen MR) is 75.1 cm³/mol. The number of anilines is 3. The number of hydrogen-bond acceptors (Lipinski definition) is 5. The fourth-order valence-corrected chi connectivity index (χ4v) is 1.65. The molecule has 5 heteroatoms. The number of aromatic nitrogens is 2. The molecule has 0 saturated heterocycles. The van der Waals surface area contributed by atoms with E-state index in [9.17, 15) is 0 Å². The summed E-state index contributed by atoms with van der Waals surface area (Å²) in [5.41, 5.74) is 2.24. The molecule has 0 aliphatic heterocycles. The van der Waals surface area contributed by atoms with Crippen LogP contribution < -0.4 is 10.6 Å². The smallest absolute Gasteiger partial charge is 0.182 e. The zero-order valence-corrected chi connectivity index (χ0v) is 10.9. The summed E-state index contributed by atoms with van der Waals surface area (Å²) in [5, 5.41) is 14.2. The third kappa shape index (κ3) is 3.42. The number of nitrogens with one attached hydrogen (secondary N) is 2. The number of benzene rings is 1. The minimum Gasteiger partial charge on any atom is -0.340 e. The first-order valence-electron chi connectivity index (χ1n) is 6.03. The standard InChI is InChI=1S/C14H15N5/c1-10(2)11-3-5-12(6-4-11)19-14-7-13(16-8-15)17-9-18-14/h3-7,9-10H,1-2H3,(H2,16,17,18,19). The molecule has 0 bridgehead atoms. The highest BCUT2D eigenvalue weighted by molar-refractivity contribution is 5.59. The Morgan fingerprint density at radius 2 is 1.79 bits per heavy atom. The summed E-state index contributed by atoms with van der Waals surface area (Å²) in [5.74, 6) is 1.63. The van der Waals surface area contributed by atoms with Crippen LogP contribution in [-0.4, -0.2) is 9.97 Å². The zero-order valence-electron chi connectivity index (χ0n) is 10.9. The second kappa shape index (κ2) is 5.83. The number of nitrogens with zero attached hydrogens (tertiary/aromatic N) is 3. The molecule has 2 rings (SSSR count). The Bertz CT molecular complexity index is 584. The first kappa shape index (κ1) is 12.8. The molecule has 2 N–H and O–H groups in total. The molecule has 0 aliphatic rings. The predicted octanol–water partition coefficient (Wildman–Crippen LogP) is 3.24. The Kier molecular flexibility index (Phi) is 3.94. The molecular formula is C14H15N5. The van der Waals surface area contributed by atoms with E-state index in [0.29, 0.717) is 17.6 Å². The van der Waals surface area contributed by atoms with Gasteiger partial charge in [0.2, 0.25) is 0 Å². The molecule has 2 aromatic rings. The maximum atomic E-state index is 8.54. The minimum absolute atomic E-state index is 0.471. The van der Waals surface area contributed by atoms with Gasteiger partial charge >= 0.3 is 0 Å². The van der Waals surface area contributed by atoms with Crippen molar-refractivity contribution >= 4 is 17.3 Å². The summed E-state index contributed by atoms with van der Waals surface area (Å²) in [6, 6.07) is 9.87. The average Bonchev–Trinajstić information content (AvgIpc) is 2.40. The van der Waals surface area contributed by atoms with E-state index >= 15 is 0 Å². The van der Waals surface area contributed by atoms with E-state index < -0.39 is 0 Å². The molecular weight excluding hydrogens is 238 g/mol. The number of nitriles is 1. The molecule has 0 spiro atoms. The maximum absolute atomic E-state index is 8.54. The van der Waals surface area contributed by atoms with Crippen LogP contribution in [0.4, 0.5) is 17.3 Å². The molecule has 0 aliphatic carbocycles. The van der Waals surface area contributed by atoms with Gasteiger partial charge in [-0.15, -0.1) is 0 Å². The lowest BCUT2D eigenvalue weighted by Gasteiger charge is -2.09.